The smallest absolute Gasteiger partial charge is 0.367 e. The van der Waals surface area contributed by atoms with Gasteiger partial charge in [-0.15, -0.1) is 4.59 Å². The number of carbonyl (C=O) groups excluding carboxylic acids is 2. The lowest BCUT2D eigenvalue weighted by atomic mass is 10.2. The molecule has 2 N–H and O–H groups in total. The van der Waals surface area contributed by atoms with Crippen molar-refractivity contribution >= 4 is 12.1 Å². The zero-order chi connectivity index (χ0) is 12.5. The first kappa shape index (κ1) is 12.5. The lowest BCUT2D eigenvalue weighted by Gasteiger charge is -2.27. The molecule has 0 spiro atoms. The zero-order valence-corrected chi connectivity index (χ0v) is 10.1. The number of rotatable bonds is 1. The third kappa shape index (κ3) is 2.34. The Morgan fingerprint density at radius 1 is 1.35 bits per heavy atom. The predicted octanol–water partition coefficient (Wildman–Crippen LogP) is 0.701. The van der Waals surface area contributed by atoms with Crippen molar-refractivity contribution in [3.63, 3.8) is 0 Å². The second kappa shape index (κ2) is 4.72. The highest BCUT2D eigenvalue weighted by Gasteiger charge is 2.47. The molecule has 2 saturated heterocycles. The van der Waals surface area contributed by atoms with E-state index in [0.29, 0.717) is 19.6 Å². The maximum absolute atomic E-state index is 11.9. The number of amides is 1. The summed E-state index contributed by atoms with van der Waals surface area (Å²) in [6.45, 7) is 2.97. The molecule has 2 aliphatic heterocycles. The number of esters is 1. The molecule has 0 radical (unpaired) electrons. The highest BCUT2D eigenvalue weighted by molar-refractivity contribution is 5.84. The Kier molecular flexibility index (Phi) is 3.46. The number of likely N-dealkylation sites (tertiary alicyclic amines) is 1. The van der Waals surface area contributed by atoms with E-state index in [1.54, 1.807) is 0 Å². The van der Waals surface area contributed by atoms with Crippen LogP contribution in [0, 0.1) is 0 Å². The summed E-state index contributed by atoms with van der Waals surface area (Å²) in [6.07, 6.45) is 1.94. The second-order valence-corrected chi connectivity index (χ2v) is 4.83. The fraction of sp³-hybridized carbons (Fsp3) is 0.818. The minimum absolute atomic E-state index is 0.000188. The summed E-state index contributed by atoms with van der Waals surface area (Å²) in [5, 5.41) is 0. The van der Waals surface area contributed by atoms with Gasteiger partial charge < -0.3 is 9.47 Å². The van der Waals surface area contributed by atoms with Crippen LogP contribution in [0.1, 0.15) is 32.6 Å². The Morgan fingerprint density at radius 3 is 2.65 bits per heavy atom. The van der Waals surface area contributed by atoms with Crippen molar-refractivity contribution in [2.24, 2.45) is 5.84 Å². The maximum Gasteiger partial charge on any atom is 0.543 e. The van der Waals surface area contributed by atoms with Gasteiger partial charge in [0.05, 0.1) is 0 Å². The monoisotopic (exact) mass is 243 g/mol. The summed E-state index contributed by atoms with van der Waals surface area (Å²) in [6, 6.07) is -0.000188. The molecule has 0 aromatic heterocycles. The van der Waals surface area contributed by atoms with Gasteiger partial charge in [-0.1, -0.05) is 0 Å². The maximum atomic E-state index is 11.9. The molecule has 2 unspecified atom stereocenters. The lowest BCUT2D eigenvalue weighted by molar-refractivity contribution is -0.878. The number of carbonyl (C=O) groups is 2. The zero-order valence-electron chi connectivity index (χ0n) is 10.1. The highest BCUT2D eigenvalue weighted by atomic mass is 16.6. The molecule has 0 bridgehead atoms. The standard InChI is InChI=1S/C11H19N2O4/c1-8-4-2-6-13(8,12)11(15)17-10(14)9-5-3-7-16-9/h8-9H,2-7,12H2,1H3/q+1/t8-,9?,13?/m1/s1. The Hall–Kier alpha value is -0.980. The van der Waals surface area contributed by atoms with Gasteiger partial charge in [-0.25, -0.2) is 4.79 Å². The van der Waals surface area contributed by atoms with Gasteiger partial charge in [-0.05, 0) is 19.8 Å². The summed E-state index contributed by atoms with van der Waals surface area (Å²) < 4.78 is 9.71. The van der Waals surface area contributed by atoms with Gasteiger partial charge in [-0.3, -0.25) is 0 Å². The predicted molar refractivity (Wildman–Crippen MR) is 58.5 cm³/mol. The minimum atomic E-state index is -0.657. The molecule has 6 nitrogen and oxygen atoms in total. The Morgan fingerprint density at radius 2 is 2.12 bits per heavy atom. The fourth-order valence-electron chi connectivity index (χ4n) is 2.37. The lowest BCUT2D eigenvalue weighted by Crippen LogP contribution is -2.61. The molecule has 2 aliphatic rings. The molecule has 0 aromatic carbocycles. The van der Waals surface area contributed by atoms with E-state index < -0.39 is 18.2 Å². The van der Waals surface area contributed by atoms with E-state index in [1.165, 1.54) is 0 Å². The Labute approximate surface area is 100 Å². The largest absolute Gasteiger partial charge is 0.543 e. The molecule has 2 heterocycles. The van der Waals surface area contributed by atoms with Gasteiger partial charge in [0, 0.05) is 19.4 Å². The number of hydrogen-bond acceptors (Lipinski definition) is 5. The molecule has 2 rings (SSSR count). The molecule has 0 aromatic rings. The van der Waals surface area contributed by atoms with Gasteiger partial charge in [0.1, 0.15) is 12.6 Å². The third-order valence-corrected chi connectivity index (χ3v) is 3.66. The normalized spacial score (nSPS) is 37.1. The van der Waals surface area contributed by atoms with E-state index in [-0.39, 0.29) is 10.6 Å². The molecular weight excluding hydrogens is 224 g/mol. The van der Waals surface area contributed by atoms with E-state index >= 15 is 0 Å². The molecule has 0 aliphatic carbocycles. The molecule has 2 fully saturated rings. The van der Waals surface area contributed by atoms with Crippen LogP contribution in [0.25, 0.3) is 0 Å². The van der Waals surface area contributed by atoms with Crippen LogP contribution in [0.15, 0.2) is 0 Å². The molecule has 3 atom stereocenters. The average molecular weight is 243 g/mol. The highest BCUT2D eigenvalue weighted by Crippen LogP contribution is 2.24. The van der Waals surface area contributed by atoms with Crippen molar-refractivity contribution in [1.29, 1.82) is 0 Å². The van der Waals surface area contributed by atoms with Gasteiger partial charge in [0.2, 0.25) is 0 Å². The first-order valence-corrected chi connectivity index (χ1v) is 6.08. The first-order chi connectivity index (χ1) is 8.04. The molecule has 17 heavy (non-hydrogen) atoms. The number of nitrogens with two attached hydrogens (primary N) is 1. The third-order valence-electron chi connectivity index (χ3n) is 3.66. The molecule has 96 valence electrons. The van der Waals surface area contributed by atoms with E-state index in [9.17, 15) is 9.59 Å². The summed E-state index contributed by atoms with van der Waals surface area (Å²) >= 11 is 0. The van der Waals surface area contributed by atoms with Crippen LogP contribution in [0.5, 0.6) is 0 Å². The number of hydrogen-bond donors (Lipinski definition) is 1. The molecule has 1 amide bonds. The van der Waals surface area contributed by atoms with Crippen molar-refractivity contribution in [2.75, 3.05) is 13.2 Å². The van der Waals surface area contributed by atoms with Crippen LogP contribution < -0.4 is 5.84 Å². The Bertz CT molecular complexity index is 327. The summed E-state index contributed by atoms with van der Waals surface area (Å²) in [4.78, 5) is 23.5. The van der Waals surface area contributed by atoms with Crippen LogP contribution in [0.4, 0.5) is 4.79 Å². The van der Waals surface area contributed by atoms with E-state index in [4.69, 9.17) is 15.3 Å². The van der Waals surface area contributed by atoms with E-state index in [1.807, 2.05) is 6.92 Å². The van der Waals surface area contributed by atoms with Crippen LogP contribution in [0.3, 0.4) is 0 Å². The van der Waals surface area contributed by atoms with Crippen molar-refractivity contribution in [2.45, 2.75) is 44.8 Å². The van der Waals surface area contributed by atoms with Crippen molar-refractivity contribution in [1.82, 2.24) is 0 Å². The molecular formula is C11H19N2O4+. The molecule has 0 saturated carbocycles. The van der Waals surface area contributed by atoms with Crippen molar-refractivity contribution in [3.05, 3.63) is 0 Å². The van der Waals surface area contributed by atoms with Crippen molar-refractivity contribution in [3.8, 4) is 0 Å². The van der Waals surface area contributed by atoms with Crippen LogP contribution in [-0.4, -0.2) is 42.0 Å². The minimum Gasteiger partial charge on any atom is -0.367 e. The van der Waals surface area contributed by atoms with Crippen LogP contribution >= 0.6 is 0 Å². The van der Waals surface area contributed by atoms with E-state index in [2.05, 4.69) is 0 Å². The van der Waals surface area contributed by atoms with Gasteiger partial charge >= 0.3 is 12.1 Å². The number of quaternary nitrogens is 1. The van der Waals surface area contributed by atoms with Gasteiger partial charge in [-0.2, -0.15) is 10.6 Å². The first-order valence-electron chi connectivity index (χ1n) is 6.08. The van der Waals surface area contributed by atoms with E-state index in [0.717, 1.165) is 19.3 Å². The quantitative estimate of drug-likeness (QED) is 0.241. The molecule has 6 heteroatoms. The van der Waals surface area contributed by atoms with Crippen LogP contribution in [-0.2, 0) is 14.3 Å². The summed E-state index contributed by atoms with van der Waals surface area (Å²) in [7, 11) is 0. The summed E-state index contributed by atoms with van der Waals surface area (Å²) in [5.41, 5.74) is 0. The second-order valence-electron chi connectivity index (χ2n) is 4.83. The topological polar surface area (TPSA) is 78.6 Å². The van der Waals surface area contributed by atoms with Crippen LogP contribution in [0.2, 0.25) is 0 Å². The average Bonchev–Trinajstić information content (AvgIpc) is 2.90. The fourth-order valence-corrected chi connectivity index (χ4v) is 2.37. The van der Waals surface area contributed by atoms with Crippen molar-refractivity contribution < 1.29 is 23.7 Å². The van der Waals surface area contributed by atoms with Gasteiger partial charge in [0.15, 0.2) is 6.10 Å². The Balaban J connectivity index is 1.94. The SMILES string of the molecule is C[C@@H]1CCC[N+]1(N)C(=O)OC(=O)C1CCCO1. The summed E-state index contributed by atoms with van der Waals surface area (Å²) in [5.74, 6) is 5.36. The van der Waals surface area contributed by atoms with Gasteiger partial charge in [0.25, 0.3) is 0 Å². The number of ether oxygens (including phenoxy) is 2. The number of nitrogens with zero attached hydrogens (tertiary/aromatic N) is 1.